The minimum absolute atomic E-state index is 0.0214. The first-order valence-electron chi connectivity index (χ1n) is 7.38. The number of carbonyl (C=O) groups excluding carboxylic acids is 1. The normalized spacial score (nSPS) is 10.5. The second-order valence-electron chi connectivity index (χ2n) is 5.34. The molecule has 1 aromatic heterocycles. The van der Waals surface area contributed by atoms with Gasteiger partial charge in [0.25, 0.3) is 5.91 Å². The van der Waals surface area contributed by atoms with Crippen LogP contribution in [0.1, 0.15) is 15.9 Å². The predicted molar refractivity (Wildman–Crippen MR) is 99.9 cm³/mol. The van der Waals surface area contributed by atoms with E-state index in [1.54, 1.807) is 0 Å². The lowest BCUT2D eigenvalue weighted by Gasteiger charge is -2.06. The molecule has 0 saturated heterocycles. The fourth-order valence-electron chi connectivity index (χ4n) is 2.20. The van der Waals surface area contributed by atoms with Crippen LogP contribution in [0.5, 0.6) is 11.5 Å². The molecule has 2 aromatic carbocycles. The number of rotatable bonds is 4. The number of aromatic hydroxyl groups is 1. The first kappa shape index (κ1) is 17.3. The second kappa shape index (κ2) is 7.13. The molecule has 3 rings (SSSR count). The van der Waals surface area contributed by atoms with Crippen LogP contribution in [0.3, 0.4) is 0 Å². The Morgan fingerprint density at radius 2 is 2.08 bits per heavy atom. The van der Waals surface area contributed by atoms with Crippen molar-refractivity contribution in [2.75, 3.05) is 12.4 Å². The highest BCUT2D eigenvalue weighted by Gasteiger charge is 2.13. The monoisotopic (exact) mass is 374 g/mol. The first-order chi connectivity index (χ1) is 12.0. The molecule has 7 heteroatoms. The third kappa shape index (κ3) is 3.75. The predicted octanol–water partition coefficient (Wildman–Crippen LogP) is 4.74. The van der Waals surface area contributed by atoms with E-state index in [1.165, 1.54) is 36.6 Å². The largest absolute Gasteiger partial charge is 0.504 e. The van der Waals surface area contributed by atoms with Crippen molar-refractivity contribution in [3.63, 3.8) is 0 Å². The van der Waals surface area contributed by atoms with Gasteiger partial charge in [-0.05, 0) is 36.8 Å². The highest BCUT2D eigenvalue weighted by molar-refractivity contribution is 7.14. The summed E-state index contributed by atoms with van der Waals surface area (Å²) in [5.74, 6) is -0.116. The molecule has 128 valence electrons. The van der Waals surface area contributed by atoms with Gasteiger partial charge in [0.1, 0.15) is 0 Å². The van der Waals surface area contributed by atoms with Crippen molar-refractivity contribution < 1.29 is 14.6 Å². The second-order valence-corrected chi connectivity index (χ2v) is 6.61. The molecular formula is C18H15ClN2O3S. The lowest BCUT2D eigenvalue weighted by molar-refractivity contribution is 0.102. The molecule has 0 spiro atoms. The lowest BCUT2D eigenvalue weighted by Crippen LogP contribution is -2.11. The Balaban J connectivity index is 1.79. The molecule has 2 N–H and O–H groups in total. The summed E-state index contributed by atoms with van der Waals surface area (Å²) in [6, 6.07) is 10.1. The van der Waals surface area contributed by atoms with Crippen LogP contribution in [0, 0.1) is 6.92 Å². The molecule has 0 aliphatic carbocycles. The number of phenolic OH excluding ortho intramolecular Hbond substituents is 1. The molecule has 0 bridgehead atoms. The smallest absolute Gasteiger partial charge is 0.257 e. The van der Waals surface area contributed by atoms with Crippen molar-refractivity contribution in [2.45, 2.75) is 6.92 Å². The van der Waals surface area contributed by atoms with E-state index in [0.29, 0.717) is 15.7 Å². The molecular weight excluding hydrogens is 360 g/mol. The molecule has 0 fully saturated rings. The molecule has 1 heterocycles. The van der Waals surface area contributed by atoms with Crippen LogP contribution in [0.4, 0.5) is 5.13 Å². The molecule has 5 nitrogen and oxygen atoms in total. The van der Waals surface area contributed by atoms with Crippen molar-refractivity contribution in [3.05, 3.63) is 57.9 Å². The third-order valence-corrected chi connectivity index (χ3v) is 4.80. The quantitative estimate of drug-likeness (QED) is 0.692. The summed E-state index contributed by atoms with van der Waals surface area (Å²) in [6.07, 6.45) is 0. The zero-order valence-electron chi connectivity index (χ0n) is 13.5. The maximum absolute atomic E-state index is 12.3. The number of benzene rings is 2. The Labute approximate surface area is 153 Å². The molecule has 0 saturated carbocycles. The Kier molecular flexibility index (Phi) is 4.92. The molecule has 0 aliphatic rings. The summed E-state index contributed by atoms with van der Waals surface area (Å²) in [4.78, 5) is 16.8. The van der Waals surface area contributed by atoms with Gasteiger partial charge in [0.15, 0.2) is 16.6 Å². The van der Waals surface area contributed by atoms with Gasteiger partial charge < -0.3 is 9.84 Å². The van der Waals surface area contributed by atoms with Crippen LogP contribution in [-0.2, 0) is 0 Å². The number of aryl methyl sites for hydroxylation is 1. The Hall–Kier alpha value is -2.57. The summed E-state index contributed by atoms with van der Waals surface area (Å²) < 4.78 is 5.01. The SMILES string of the molecule is COc1cc(C(=O)Nc2nc(-c3ccc(C)c(Cl)c3)cs2)ccc1O. The van der Waals surface area contributed by atoms with Crippen LogP contribution >= 0.6 is 22.9 Å². The fraction of sp³-hybridized carbons (Fsp3) is 0.111. The lowest BCUT2D eigenvalue weighted by atomic mass is 10.1. The molecule has 1 amide bonds. The summed E-state index contributed by atoms with van der Waals surface area (Å²) in [5.41, 5.74) is 2.99. The van der Waals surface area contributed by atoms with Gasteiger partial charge >= 0.3 is 0 Å². The minimum Gasteiger partial charge on any atom is -0.504 e. The number of aromatic nitrogens is 1. The van der Waals surface area contributed by atoms with Crippen molar-refractivity contribution >= 4 is 34.0 Å². The average molecular weight is 375 g/mol. The van der Waals surface area contributed by atoms with Gasteiger partial charge in [-0.15, -0.1) is 11.3 Å². The van der Waals surface area contributed by atoms with E-state index in [-0.39, 0.29) is 17.4 Å². The number of hydrogen-bond acceptors (Lipinski definition) is 5. The molecule has 3 aromatic rings. The highest BCUT2D eigenvalue weighted by atomic mass is 35.5. The molecule has 0 radical (unpaired) electrons. The molecule has 0 unspecified atom stereocenters. The number of amides is 1. The van der Waals surface area contributed by atoms with Gasteiger partial charge in [-0.1, -0.05) is 23.7 Å². The average Bonchev–Trinajstić information content (AvgIpc) is 3.06. The fourth-order valence-corrected chi connectivity index (χ4v) is 3.10. The molecule has 0 aliphatic heterocycles. The number of nitrogens with zero attached hydrogens (tertiary/aromatic N) is 1. The summed E-state index contributed by atoms with van der Waals surface area (Å²) in [5, 5.41) is 15.3. The topological polar surface area (TPSA) is 71.5 Å². The van der Waals surface area contributed by atoms with Crippen molar-refractivity contribution in [3.8, 4) is 22.8 Å². The van der Waals surface area contributed by atoms with E-state index in [9.17, 15) is 9.90 Å². The number of carbonyl (C=O) groups is 1. The van der Waals surface area contributed by atoms with E-state index < -0.39 is 0 Å². The third-order valence-electron chi connectivity index (χ3n) is 3.63. The molecule has 25 heavy (non-hydrogen) atoms. The van der Waals surface area contributed by atoms with E-state index in [0.717, 1.165) is 16.8 Å². The Bertz CT molecular complexity index is 940. The number of methoxy groups -OCH3 is 1. The summed E-state index contributed by atoms with van der Waals surface area (Å²) in [7, 11) is 1.43. The number of ether oxygens (including phenoxy) is 1. The highest BCUT2D eigenvalue weighted by Crippen LogP contribution is 2.29. The van der Waals surface area contributed by atoms with Crippen LogP contribution < -0.4 is 10.1 Å². The van der Waals surface area contributed by atoms with Gasteiger partial charge in [-0.3, -0.25) is 10.1 Å². The van der Waals surface area contributed by atoms with Crippen LogP contribution in [0.2, 0.25) is 5.02 Å². The van der Waals surface area contributed by atoms with Crippen LogP contribution in [0.15, 0.2) is 41.8 Å². The van der Waals surface area contributed by atoms with E-state index in [1.807, 2.05) is 30.5 Å². The zero-order valence-corrected chi connectivity index (χ0v) is 15.1. The molecule has 0 atom stereocenters. The Morgan fingerprint density at radius 3 is 2.80 bits per heavy atom. The maximum atomic E-state index is 12.3. The van der Waals surface area contributed by atoms with Crippen LogP contribution in [-0.4, -0.2) is 23.1 Å². The first-order valence-corrected chi connectivity index (χ1v) is 8.64. The summed E-state index contributed by atoms with van der Waals surface area (Å²) in [6.45, 7) is 1.94. The maximum Gasteiger partial charge on any atom is 0.257 e. The number of anilines is 1. The number of halogens is 1. The van der Waals surface area contributed by atoms with Gasteiger partial charge in [-0.25, -0.2) is 4.98 Å². The summed E-state index contributed by atoms with van der Waals surface area (Å²) >= 11 is 7.47. The van der Waals surface area contributed by atoms with Gasteiger partial charge in [0.05, 0.1) is 12.8 Å². The standard InChI is InChI=1S/C18H15ClN2O3S/c1-10-3-4-11(7-13(10)19)14-9-25-18(20-14)21-17(23)12-5-6-15(22)16(8-12)24-2/h3-9,22H,1-2H3,(H,20,21,23). The Morgan fingerprint density at radius 1 is 1.28 bits per heavy atom. The van der Waals surface area contributed by atoms with Gasteiger partial charge in [0.2, 0.25) is 0 Å². The van der Waals surface area contributed by atoms with Crippen molar-refractivity contribution in [1.82, 2.24) is 4.98 Å². The number of hydrogen-bond donors (Lipinski definition) is 2. The number of phenols is 1. The van der Waals surface area contributed by atoms with E-state index in [4.69, 9.17) is 16.3 Å². The van der Waals surface area contributed by atoms with E-state index in [2.05, 4.69) is 10.3 Å². The van der Waals surface area contributed by atoms with Gasteiger partial charge in [-0.2, -0.15) is 0 Å². The minimum atomic E-state index is -0.332. The van der Waals surface area contributed by atoms with Crippen molar-refractivity contribution in [2.24, 2.45) is 0 Å². The number of thiazole rings is 1. The van der Waals surface area contributed by atoms with Crippen LogP contribution in [0.25, 0.3) is 11.3 Å². The van der Waals surface area contributed by atoms with Crippen molar-refractivity contribution in [1.29, 1.82) is 0 Å². The zero-order chi connectivity index (χ0) is 18.0. The van der Waals surface area contributed by atoms with Gasteiger partial charge in [0, 0.05) is 21.5 Å². The number of nitrogens with one attached hydrogen (secondary N) is 1. The van der Waals surface area contributed by atoms with E-state index >= 15 is 0 Å².